The summed E-state index contributed by atoms with van der Waals surface area (Å²) in [6.07, 6.45) is 0. The number of pyridine rings is 1. The molecule has 0 aliphatic carbocycles. The lowest BCUT2D eigenvalue weighted by molar-refractivity contribution is 0.764. The normalized spacial score (nSPS) is 13.9. The highest BCUT2D eigenvalue weighted by atomic mass is 35.5. The minimum atomic E-state index is 0. The molecule has 1 aliphatic heterocycles. The molecule has 2 aromatic heterocycles. The Morgan fingerprint density at radius 1 is 1.12 bits per heavy atom. The average molecular weight is 239 g/mol. The Hall–Kier alpha value is -1.13. The summed E-state index contributed by atoms with van der Waals surface area (Å²) in [5.74, 6) is 0.845. The van der Waals surface area contributed by atoms with Gasteiger partial charge < -0.3 is 5.32 Å². The van der Waals surface area contributed by atoms with Gasteiger partial charge in [-0.3, -0.25) is 0 Å². The molecule has 16 heavy (non-hydrogen) atoms. The summed E-state index contributed by atoms with van der Waals surface area (Å²) in [5, 5.41) is 7.80. The van der Waals surface area contributed by atoms with Crippen molar-refractivity contribution in [1.29, 1.82) is 0 Å². The number of nitrogens with one attached hydrogen (secondary N) is 1. The molecule has 3 rings (SSSR count). The fraction of sp³-hybridized carbons (Fsp3) is 0.455. The van der Waals surface area contributed by atoms with Gasteiger partial charge in [0.15, 0.2) is 5.65 Å². The topological polar surface area (TPSA) is 42.2 Å². The third kappa shape index (κ3) is 1.33. The molecule has 0 atom stereocenters. The number of nitrogens with zero attached hydrogens (tertiary/aromatic N) is 3. The van der Waals surface area contributed by atoms with Crippen LogP contribution in [0.2, 0.25) is 0 Å². The third-order valence-corrected chi connectivity index (χ3v) is 3.26. The molecule has 0 spiro atoms. The van der Waals surface area contributed by atoms with Gasteiger partial charge in [0.05, 0.1) is 0 Å². The SMILES string of the molecule is Cc1nc2c3c(c(C)c(C)n2n1)CNC3.Cl. The number of hydrogen-bond donors (Lipinski definition) is 1. The van der Waals surface area contributed by atoms with Crippen molar-refractivity contribution in [3.05, 3.63) is 28.2 Å². The van der Waals surface area contributed by atoms with Gasteiger partial charge in [-0.15, -0.1) is 12.4 Å². The van der Waals surface area contributed by atoms with Gasteiger partial charge >= 0.3 is 0 Å². The molecule has 2 aromatic rings. The van der Waals surface area contributed by atoms with Gasteiger partial charge in [-0.1, -0.05) is 0 Å². The van der Waals surface area contributed by atoms with Crippen molar-refractivity contribution in [1.82, 2.24) is 19.9 Å². The highest BCUT2D eigenvalue weighted by molar-refractivity contribution is 5.85. The molecule has 3 heterocycles. The molecule has 0 bridgehead atoms. The van der Waals surface area contributed by atoms with Crippen molar-refractivity contribution in [2.45, 2.75) is 33.9 Å². The van der Waals surface area contributed by atoms with Crippen molar-refractivity contribution >= 4 is 18.1 Å². The van der Waals surface area contributed by atoms with Crippen molar-refractivity contribution in [3.63, 3.8) is 0 Å². The van der Waals surface area contributed by atoms with Crippen molar-refractivity contribution in [2.75, 3.05) is 0 Å². The first-order chi connectivity index (χ1) is 7.18. The maximum Gasteiger partial charge on any atom is 0.160 e. The van der Waals surface area contributed by atoms with Crippen LogP contribution < -0.4 is 5.32 Å². The minimum absolute atomic E-state index is 0. The molecule has 0 aromatic carbocycles. The van der Waals surface area contributed by atoms with E-state index in [-0.39, 0.29) is 12.4 Å². The van der Waals surface area contributed by atoms with Gasteiger partial charge in [0.25, 0.3) is 0 Å². The van der Waals surface area contributed by atoms with Crippen LogP contribution in [0, 0.1) is 20.8 Å². The van der Waals surface area contributed by atoms with E-state index in [1.54, 1.807) is 0 Å². The second-order valence-electron chi connectivity index (χ2n) is 4.17. The zero-order chi connectivity index (χ0) is 10.6. The van der Waals surface area contributed by atoms with Gasteiger partial charge in [0.2, 0.25) is 0 Å². The van der Waals surface area contributed by atoms with E-state index in [1.165, 1.54) is 22.4 Å². The molecule has 86 valence electrons. The fourth-order valence-corrected chi connectivity index (χ4v) is 2.32. The van der Waals surface area contributed by atoms with E-state index in [0.717, 1.165) is 24.6 Å². The Kier molecular flexibility index (Phi) is 2.64. The van der Waals surface area contributed by atoms with Gasteiger partial charge in [-0.2, -0.15) is 5.10 Å². The van der Waals surface area contributed by atoms with Crippen LogP contribution in [0.5, 0.6) is 0 Å². The second kappa shape index (κ2) is 3.71. The van der Waals surface area contributed by atoms with Crippen LogP contribution in [0.15, 0.2) is 0 Å². The fourth-order valence-electron chi connectivity index (χ4n) is 2.32. The lowest BCUT2D eigenvalue weighted by atomic mass is 10.0. The Morgan fingerprint density at radius 3 is 2.56 bits per heavy atom. The molecule has 4 nitrogen and oxygen atoms in total. The summed E-state index contributed by atoms with van der Waals surface area (Å²) in [7, 11) is 0. The molecule has 1 N–H and O–H groups in total. The van der Waals surface area contributed by atoms with E-state index in [2.05, 4.69) is 29.2 Å². The zero-order valence-corrected chi connectivity index (χ0v) is 10.5. The molecule has 0 unspecified atom stereocenters. The summed E-state index contributed by atoms with van der Waals surface area (Å²) < 4.78 is 1.97. The molecular formula is C11H15ClN4. The molecular weight excluding hydrogens is 224 g/mol. The van der Waals surface area contributed by atoms with Crippen molar-refractivity contribution < 1.29 is 0 Å². The van der Waals surface area contributed by atoms with Crippen LogP contribution in [0.3, 0.4) is 0 Å². The second-order valence-corrected chi connectivity index (χ2v) is 4.17. The van der Waals surface area contributed by atoms with Crippen LogP contribution in [-0.2, 0) is 13.1 Å². The lowest BCUT2D eigenvalue weighted by Crippen LogP contribution is -2.02. The number of rotatable bonds is 0. The predicted octanol–water partition coefficient (Wildman–Crippen LogP) is 1.68. The molecule has 1 aliphatic rings. The zero-order valence-electron chi connectivity index (χ0n) is 9.66. The summed E-state index contributed by atoms with van der Waals surface area (Å²) in [6.45, 7) is 8.09. The van der Waals surface area contributed by atoms with Crippen LogP contribution in [0.1, 0.15) is 28.2 Å². The molecule has 0 saturated carbocycles. The van der Waals surface area contributed by atoms with E-state index in [0.29, 0.717) is 0 Å². The number of hydrogen-bond acceptors (Lipinski definition) is 3. The lowest BCUT2D eigenvalue weighted by Gasteiger charge is -2.08. The van der Waals surface area contributed by atoms with Crippen molar-refractivity contribution in [2.24, 2.45) is 0 Å². The molecule has 0 radical (unpaired) electrons. The number of aryl methyl sites for hydroxylation is 2. The van der Waals surface area contributed by atoms with Crippen molar-refractivity contribution in [3.8, 4) is 0 Å². The first-order valence-corrected chi connectivity index (χ1v) is 5.23. The van der Waals surface area contributed by atoms with Gasteiger partial charge in [0, 0.05) is 24.3 Å². The average Bonchev–Trinajstić information content (AvgIpc) is 2.79. The highest BCUT2D eigenvalue weighted by Gasteiger charge is 2.20. The summed E-state index contributed by atoms with van der Waals surface area (Å²) in [5.41, 5.74) is 6.29. The summed E-state index contributed by atoms with van der Waals surface area (Å²) in [6, 6.07) is 0. The maximum absolute atomic E-state index is 4.50. The standard InChI is InChI=1S/C11H14N4.ClH/c1-6-7(2)15-11(13-8(3)14-15)10-5-12-4-9(6)10;/h12H,4-5H2,1-3H3;1H. The van der Waals surface area contributed by atoms with Crippen LogP contribution in [0.25, 0.3) is 5.65 Å². The number of halogens is 1. The van der Waals surface area contributed by atoms with E-state index in [4.69, 9.17) is 0 Å². The first kappa shape index (κ1) is 11.4. The monoisotopic (exact) mass is 238 g/mol. The Balaban J connectivity index is 0.000000963. The van der Waals surface area contributed by atoms with Crippen LogP contribution in [-0.4, -0.2) is 14.6 Å². The van der Waals surface area contributed by atoms with Gasteiger partial charge in [-0.05, 0) is 31.9 Å². The molecule has 5 heteroatoms. The maximum atomic E-state index is 4.50. The minimum Gasteiger partial charge on any atom is -0.308 e. The summed E-state index contributed by atoms with van der Waals surface area (Å²) in [4.78, 5) is 4.50. The molecule has 0 saturated heterocycles. The third-order valence-electron chi connectivity index (χ3n) is 3.26. The summed E-state index contributed by atoms with van der Waals surface area (Å²) >= 11 is 0. The predicted molar refractivity (Wildman–Crippen MR) is 65.0 cm³/mol. The smallest absolute Gasteiger partial charge is 0.160 e. The van der Waals surface area contributed by atoms with E-state index >= 15 is 0 Å². The Morgan fingerprint density at radius 2 is 1.81 bits per heavy atom. The van der Waals surface area contributed by atoms with E-state index < -0.39 is 0 Å². The first-order valence-electron chi connectivity index (χ1n) is 5.23. The van der Waals surface area contributed by atoms with Crippen LogP contribution in [0.4, 0.5) is 0 Å². The van der Waals surface area contributed by atoms with E-state index in [1.807, 2.05) is 11.4 Å². The Bertz CT molecular complexity index is 559. The van der Waals surface area contributed by atoms with Gasteiger partial charge in [0.1, 0.15) is 5.82 Å². The Labute approximate surface area is 100 Å². The van der Waals surface area contributed by atoms with Gasteiger partial charge in [-0.25, -0.2) is 9.50 Å². The van der Waals surface area contributed by atoms with Crippen LogP contribution >= 0.6 is 12.4 Å². The largest absolute Gasteiger partial charge is 0.308 e. The number of aromatic nitrogens is 3. The highest BCUT2D eigenvalue weighted by Crippen LogP contribution is 2.25. The molecule has 0 fully saturated rings. The molecule has 0 amide bonds. The van der Waals surface area contributed by atoms with E-state index in [9.17, 15) is 0 Å². The quantitative estimate of drug-likeness (QED) is 0.760. The number of fused-ring (bicyclic) bond motifs is 3.